The van der Waals surface area contributed by atoms with E-state index < -0.39 is 0 Å². The van der Waals surface area contributed by atoms with Crippen molar-refractivity contribution in [3.8, 4) is 11.1 Å². The third-order valence-electron chi connectivity index (χ3n) is 6.11. The molecule has 8 nitrogen and oxygen atoms in total. The van der Waals surface area contributed by atoms with Crippen LogP contribution in [0.25, 0.3) is 22.0 Å². The fourth-order valence-corrected chi connectivity index (χ4v) is 4.08. The SMILES string of the molecule is C[n+]1cc(-c2ccc(NC(=O)c3ccc(Nc4cc[n+](C)c5ccccc45)cc3)cc2)c(N)nc1N. The highest BCUT2D eigenvalue weighted by molar-refractivity contribution is 6.04. The molecule has 0 fully saturated rings. The van der Waals surface area contributed by atoms with Gasteiger partial charge in [-0.15, -0.1) is 0 Å². The average Bonchev–Trinajstić information content (AvgIpc) is 2.89. The number of aromatic nitrogens is 3. The number of amides is 1. The van der Waals surface area contributed by atoms with E-state index in [-0.39, 0.29) is 5.91 Å². The molecule has 0 aliphatic carbocycles. The normalized spacial score (nSPS) is 10.8. The van der Waals surface area contributed by atoms with Gasteiger partial charge in [-0.1, -0.05) is 29.2 Å². The summed E-state index contributed by atoms with van der Waals surface area (Å²) in [6, 6.07) is 25.1. The van der Waals surface area contributed by atoms with Crippen LogP contribution in [0.2, 0.25) is 0 Å². The van der Waals surface area contributed by atoms with Gasteiger partial charge in [0.25, 0.3) is 5.91 Å². The van der Waals surface area contributed by atoms with E-state index in [1.54, 1.807) is 16.7 Å². The third kappa shape index (κ3) is 4.52. The monoisotopic (exact) mass is 477 g/mol. The number of benzene rings is 3. The van der Waals surface area contributed by atoms with Crippen molar-refractivity contribution in [3.05, 3.63) is 96.8 Å². The van der Waals surface area contributed by atoms with Gasteiger partial charge in [0.05, 0.1) is 29.9 Å². The smallest absolute Gasteiger partial charge is 0.369 e. The average molecular weight is 478 g/mol. The number of hydrogen-bond donors (Lipinski definition) is 4. The topological polar surface area (TPSA) is 114 Å². The highest BCUT2D eigenvalue weighted by Crippen LogP contribution is 2.26. The Bertz CT molecular complexity index is 1580. The summed E-state index contributed by atoms with van der Waals surface area (Å²) in [5.74, 6) is 0.507. The van der Waals surface area contributed by atoms with Gasteiger partial charge in [0, 0.05) is 29.1 Å². The molecule has 2 heterocycles. The Kier molecular flexibility index (Phi) is 5.92. The summed E-state index contributed by atoms with van der Waals surface area (Å²) in [7, 11) is 3.83. The number of para-hydroxylation sites is 1. The third-order valence-corrected chi connectivity index (χ3v) is 6.11. The minimum atomic E-state index is -0.188. The summed E-state index contributed by atoms with van der Waals surface area (Å²) < 4.78 is 3.79. The number of anilines is 5. The first kappa shape index (κ1) is 22.8. The number of nitrogen functional groups attached to an aromatic ring is 2. The van der Waals surface area contributed by atoms with Gasteiger partial charge in [-0.25, -0.2) is 9.13 Å². The summed E-state index contributed by atoms with van der Waals surface area (Å²) >= 11 is 0. The minimum Gasteiger partial charge on any atom is -0.369 e. The highest BCUT2D eigenvalue weighted by Gasteiger charge is 2.14. The van der Waals surface area contributed by atoms with E-state index in [0.717, 1.165) is 33.4 Å². The summed E-state index contributed by atoms with van der Waals surface area (Å²) in [6.45, 7) is 0. The molecule has 6 N–H and O–H groups in total. The van der Waals surface area contributed by atoms with Crippen LogP contribution in [-0.4, -0.2) is 10.9 Å². The van der Waals surface area contributed by atoms with E-state index in [2.05, 4.69) is 32.3 Å². The fourth-order valence-electron chi connectivity index (χ4n) is 4.08. The Morgan fingerprint density at radius 2 is 1.53 bits per heavy atom. The van der Waals surface area contributed by atoms with Gasteiger partial charge in [-0.3, -0.25) is 10.5 Å². The van der Waals surface area contributed by atoms with E-state index in [4.69, 9.17) is 11.5 Å². The number of nitrogens with zero attached hydrogens (tertiary/aromatic N) is 3. The molecule has 5 aromatic rings. The molecule has 5 rings (SSSR count). The van der Waals surface area contributed by atoms with Crippen LogP contribution >= 0.6 is 0 Å². The molecule has 178 valence electrons. The van der Waals surface area contributed by atoms with Gasteiger partial charge < -0.3 is 16.4 Å². The Morgan fingerprint density at radius 3 is 2.28 bits per heavy atom. The molecule has 0 atom stereocenters. The minimum absolute atomic E-state index is 0.188. The van der Waals surface area contributed by atoms with Gasteiger partial charge in [-0.05, 0) is 48.0 Å². The van der Waals surface area contributed by atoms with Crippen LogP contribution in [-0.2, 0) is 14.1 Å². The lowest BCUT2D eigenvalue weighted by Gasteiger charge is -2.10. The van der Waals surface area contributed by atoms with E-state index in [1.165, 1.54) is 0 Å². The molecule has 8 heteroatoms. The Hall–Kier alpha value is -4.98. The molecular weight excluding hydrogens is 450 g/mol. The van der Waals surface area contributed by atoms with Crippen LogP contribution in [0.4, 0.5) is 28.8 Å². The number of aryl methyl sites for hydroxylation is 2. The zero-order valence-electron chi connectivity index (χ0n) is 20.1. The van der Waals surface area contributed by atoms with Gasteiger partial charge in [-0.2, -0.15) is 0 Å². The van der Waals surface area contributed by atoms with Crippen molar-refractivity contribution in [2.24, 2.45) is 14.1 Å². The molecule has 3 aromatic carbocycles. The number of hydrogen-bond acceptors (Lipinski definition) is 5. The number of pyridine rings is 1. The Labute approximate surface area is 208 Å². The summed E-state index contributed by atoms with van der Waals surface area (Å²) in [5, 5.41) is 7.51. The van der Waals surface area contributed by atoms with Crippen molar-refractivity contribution < 1.29 is 13.9 Å². The highest BCUT2D eigenvalue weighted by atomic mass is 16.1. The predicted octanol–water partition coefficient (Wildman–Crippen LogP) is 3.71. The molecule has 2 aromatic heterocycles. The molecular formula is C28H27N7O+2. The number of carbonyl (C=O) groups excluding carboxylic acids is 1. The number of rotatable bonds is 5. The number of nitrogens with two attached hydrogens (primary N) is 2. The number of carbonyl (C=O) groups is 1. The van der Waals surface area contributed by atoms with Crippen LogP contribution < -0.4 is 31.2 Å². The molecule has 0 aliphatic heterocycles. The zero-order chi connectivity index (χ0) is 25.2. The van der Waals surface area contributed by atoms with Crippen molar-refractivity contribution in [2.75, 3.05) is 22.1 Å². The maximum Gasteiger partial charge on any atom is 0.391 e. The molecule has 0 unspecified atom stereocenters. The number of fused-ring (bicyclic) bond motifs is 1. The molecule has 0 radical (unpaired) electrons. The lowest BCUT2D eigenvalue weighted by molar-refractivity contribution is -0.658. The molecule has 0 saturated heterocycles. The first-order chi connectivity index (χ1) is 17.4. The lowest BCUT2D eigenvalue weighted by atomic mass is 10.1. The van der Waals surface area contributed by atoms with Gasteiger partial charge >= 0.3 is 5.95 Å². The number of nitrogens with one attached hydrogen (secondary N) is 2. The second-order valence-electron chi connectivity index (χ2n) is 8.60. The standard InChI is InChI=1S/C28H25N7O/c1-34-16-15-24(22-5-3-4-6-25(22)34)31-20-13-9-19(10-14-20)27(36)32-21-11-7-18(8-12-21)23-17-35(2)28(30)33-26(23)29/h3-17H,1-2H3,(H4,29,30,32,33,36)/p+2. The van der Waals surface area contributed by atoms with Crippen LogP contribution in [0.3, 0.4) is 0 Å². The molecule has 1 amide bonds. The molecule has 0 bridgehead atoms. The van der Waals surface area contributed by atoms with E-state index in [9.17, 15) is 4.79 Å². The van der Waals surface area contributed by atoms with Crippen molar-refractivity contribution in [1.82, 2.24) is 4.98 Å². The van der Waals surface area contributed by atoms with E-state index in [1.807, 2.05) is 81.1 Å². The quantitative estimate of drug-likeness (QED) is 0.288. The first-order valence-corrected chi connectivity index (χ1v) is 11.5. The first-order valence-electron chi connectivity index (χ1n) is 11.5. The van der Waals surface area contributed by atoms with Crippen molar-refractivity contribution in [3.63, 3.8) is 0 Å². The summed E-state index contributed by atoms with van der Waals surface area (Å²) in [4.78, 5) is 17.0. The second kappa shape index (κ2) is 9.34. The van der Waals surface area contributed by atoms with Gasteiger partial charge in [0.15, 0.2) is 6.20 Å². The maximum absolute atomic E-state index is 12.8. The molecule has 0 aliphatic rings. The predicted molar refractivity (Wildman–Crippen MR) is 142 cm³/mol. The van der Waals surface area contributed by atoms with Crippen LogP contribution in [0, 0.1) is 0 Å². The Balaban J connectivity index is 1.28. The molecule has 0 saturated carbocycles. The van der Waals surface area contributed by atoms with E-state index >= 15 is 0 Å². The Morgan fingerprint density at radius 1 is 0.833 bits per heavy atom. The molecule has 0 spiro atoms. The summed E-state index contributed by atoms with van der Waals surface area (Å²) in [5.41, 5.74) is 17.8. The van der Waals surface area contributed by atoms with Gasteiger partial charge in [0.1, 0.15) is 7.05 Å². The van der Waals surface area contributed by atoms with E-state index in [0.29, 0.717) is 23.0 Å². The molecule has 36 heavy (non-hydrogen) atoms. The zero-order valence-corrected chi connectivity index (χ0v) is 20.1. The van der Waals surface area contributed by atoms with Crippen LogP contribution in [0.15, 0.2) is 91.3 Å². The van der Waals surface area contributed by atoms with Gasteiger partial charge in [0.2, 0.25) is 11.3 Å². The maximum atomic E-state index is 12.8. The lowest BCUT2D eigenvalue weighted by Crippen LogP contribution is -2.33. The van der Waals surface area contributed by atoms with Crippen LogP contribution in [0.1, 0.15) is 10.4 Å². The fraction of sp³-hybridized carbons (Fsp3) is 0.0714. The summed E-state index contributed by atoms with van der Waals surface area (Å²) in [6.07, 6.45) is 3.86. The largest absolute Gasteiger partial charge is 0.391 e. The van der Waals surface area contributed by atoms with Crippen LogP contribution in [0.5, 0.6) is 0 Å². The second-order valence-corrected chi connectivity index (χ2v) is 8.60. The van der Waals surface area contributed by atoms with Crippen molar-refractivity contribution in [1.29, 1.82) is 0 Å². The van der Waals surface area contributed by atoms with Crippen molar-refractivity contribution >= 4 is 45.6 Å². The van der Waals surface area contributed by atoms with Crippen molar-refractivity contribution in [2.45, 2.75) is 0 Å².